The highest BCUT2D eigenvalue weighted by atomic mass is 35.5. The first kappa shape index (κ1) is 21.5. The molecule has 0 saturated carbocycles. The number of nitrogens with zero attached hydrogens (tertiary/aromatic N) is 3. The third kappa shape index (κ3) is 5.43. The smallest absolute Gasteiger partial charge is 0.322 e. The minimum absolute atomic E-state index is 0.0675. The number of benzene rings is 2. The minimum Gasteiger partial charge on any atom is -0.345 e. The van der Waals surface area contributed by atoms with E-state index in [0.717, 1.165) is 17.7 Å². The van der Waals surface area contributed by atoms with Crippen LogP contribution in [-0.4, -0.2) is 21.5 Å². The molecule has 3 aromatic rings. The number of hydrogen-bond donors (Lipinski definition) is 1. The maximum Gasteiger partial charge on any atom is 0.322 e. The van der Waals surface area contributed by atoms with E-state index in [1.165, 1.54) is 0 Å². The predicted molar refractivity (Wildman–Crippen MR) is 120 cm³/mol. The first-order valence-corrected chi connectivity index (χ1v) is 10.3. The van der Waals surface area contributed by atoms with Gasteiger partial charge in [0.15, 0.2) is 0 Å². The molecule has 0 spiro atoms. The fourth-order valence-corrected chi connectivity index (χ4v) is 3.44. The van der Waals surface area contributed by atoms with E-state index in [4.69, 9.17) is 16.9 Å². The summed E-state index contributed by atoms with van der Waals surface area (Å²) in [6.45, 7) is 5.29. The second-order valence-electron chi connectivity index (χ2n) is 7.26. The molecule has 1 aromatic heterocycles. The summed E-state index contributed by atoms with van der Waals surface area (Å²) in [5.74, 6) is 0. The highest BCUT2D eigenvalue weighted by molar-refractivity contribution is 6.30. The number of urea groups is 1. The first-order valence-electron chi connectivity index (χ1n) is 9.96. The molecule has 6 heteroatoms. The fraction of sp³-hybridized carbons (Fsp3) is 0.250. The van der Waals surface area contributed by atoms with Crippen molar-refractivity contribution in [2.75, 3.05) is 5.32 Å². The van der Waals surface area contributed by atoms with Crippen molar-refractivity contribution in [3.8, 4) is 6.07 Å². The van der Waals surface area contributed by atoms with Crippen molar-refractivity contribution in [1.29, 1.82) is 5.26 Å². The lowest BCUT2D eigenvalue weighted by atomic mass is 10.2. The molecule has 154 valence electrons. The number of anilines is 1. The van der Waals surface area contributed by atoms with Crippen molar-refractivity contribution in [1.82, 2.24) is 9.47 Å². The summed E-state index contributed by atoms with van der Waals surface area (Å²) in [6.07, 6.45) is 2.86. The summed E-state index contributed by atoms with van der Waals surface area (Å²) < 4.78 is 2.13. The minimum atomic E-state index is -0.162. The third-order valence-corrected chi connectivity index (χ3v) is 5.38. The van der Waals surface area contributed by atoms with Crippen LogP contribution >= 0.6 is 11.6 Å². The first-order chi connectivity index (χ1) is 14.5. The third-order valence-electron chi connectivity index (χ3n) is 5.15. The van der Waals surface area contributed by atoms with Gasteiger partial charge in [-0.25, -0.2) is 4.79 Å². The van der Waals surface area contributed by atoms with E-state index in [9.17, 15) is 4.79 Å². The molecule has 1 atom stereocenters. The molecule has 0 aliphatic heterocycles. The number of nitrogens with one attached hydrogen (secondary N) is 1. The van der Waals surface area contributed by atoms with E-state index < -0.39 is 0 Å². The number of carbonyl (C=O) groups is 1. The van der Waals surface area contributed by atoms with Gasteiger partial charge in [-0.15, -0.1) is 0 Å². The maximum atomic E-state index is 13.0. The Hall–Kier alpha value is -3.23. The Kier molecular flexibility index (Phi) is 7.16. The monoisotopic (exact) mass is 420 g/mol. The number of halogens is 1. The zero-order valence-corrected chi connectivity index (χ0v) is 17.9. The quantitative estimate of drug-likeness (QED) is 0.517. The summed E-state index contributed by atoms with van der Waals surface area (Å²) in [6, 6.07) is 20.7. The van der Waals surface area contributed by atoms with Crippen LogP contribution < -0.4 is 5.32 Å². The molecular formula is C24H25ClN4O. The van der Waals surface area contributed by atoms with E-state index in [1.54, 1.807) is 24.3 Å². The van der Waals surface area contributed by atoms with Gasteiger partial charge in [0, 0.05) is 35.2 Å². The molecule has 0 radical (unpaired) electrons. The van der Waals surface area contributed by atoms with E-state index in [0.29, 0.717) is 29.4 Å². The Morgan fingerprint density at radius 2 is 1.97 bits per heavy atom. The Bertz CT molecular complexity index is 1040. The van der Waals surface area contributed by atoms with E-state index in [-0.39, 0.29) is 12.1 Å². The summed E-state index contributed by atoms with van der Waals surface area (Å²) in [5.41, 5.74) is 3.38. The molecule has 0 fully saturated rings. The van der Waals surface area contributed by atoms with E-state index >= 15 is 0 Å². The molecule has 30 heavy (non-hydrogen) atoms. The van der Waals surface area contributed by atoms with Crippen LogP contribution in [0.3, 0.4) is 0 Å². The van der Waals surface area contributed by atoms with Crippen LogP contribution in [0.15, 0.2) is 66.9 Å². The second kappa shape index (κ2) is 10.00. The highest BCUT2D eigenvalue weighted by Crippen LogP contribution is 2.18. The predicted octanol–water partition coefficient (Wildman–Crippen LogP) is 5.89. The van der Waals surface area contributed by atoms with Crippen molar-refractivity contribution >= 4 is 23.3 Å². The largest absolute Gasteiger partial charge is 0.345 e. The van der Waals surface area contributed by atoms with Crippen molar-refractivity contribution in [3.63, 3.8) is 0 Å². The maximum absolute atomic E-state index is 13.0. The zero-order valence-electron chi connectivity index (χ0n) is 17.2. The Balaban J connectivity index is 1.76. The van der Waals surface area contributed by atoms with Crippen LogP contribution in [0.1, 0.15) is 37.1 Å². The van der Waals surface area contributed by atoms with E-state index in [1.807, 2.05) is 54.4 Å². The fourth-order valence-electron chi connectivity index (χ4n) is 3.23. The summed E-state index contributed by atoms with van der Waals surface area (Å²) in [5, 5.41) is 12.6. The topological polar surface area (TPSA) is 61.1 Å². The number of nitriles is 1. The molecule has 2 aromatic carbocycles. The lowest BCUT2D eigenvalue weighted by molar-refractivity contribution is 0.185. The second-order valence-corrected chi connectivity index (χ2v) is 7.70. The molecule has 1 N–H and O–H groups in total. The van der Waals surface area contributed by atoms with Gasteiger partial charge >= 0.3 is 6.03 Å². The Morgan fingerprint density at radius 3 is 2.63 bits per heavy atom. The highest BCUT2D eigenvalue weighted by Gasteiger charge is 2.21. The summed E-state index contributed by atoms with van der Waals surface area (Å²) >= 11 is 6.12. The number of carbonyl (C=O) groups excluding carboxylic acids is 1. The van der Waals surface area contributed by atoms with Crippen molar-refractivity contribution in [3.05, 3.63) is 88.7 Å². The van der Waals surface area contributed by atoms with Crippen LogP contribution in [0.2, 0.25) is 5.02 Å². The van der Waals surface area contributed by atoms with Gasteiger partial charge in [-0.3, -0.25) is 0 Å². The molecule has 1 unspecified atom stereocenters. The van der Waals surface area contributed by atoms with Gasteiger partial charge in [0.1, 0.15) is 0 Å². The molecule has 5 nitrogen and oxygen atoms in total. The Morgan fingerprint density at radius 1 is 1.20 bits per heavy atom. The van der Waals surface area contributed by atoms with Crippen LogP contribution in [-0.2, 0) is 13.1 Å². The van der Waals surface area contributed by atoms with Crippen LogP contribution in [0, 0.1) is 11.3 Å². The van der Waals surface area contributed by atoms with Crippen LogP contribution in [0.4, 0.5) is 10.5 Å². The lowest BCUT2D eigenvalue weighted by Crippen LogP contribution is -2.41. The lowest BCUT2D eigenvalue weighted by Gasteiger charge is -2.29. The van der Waals surface area contributed by atoms with Crippen molar-refractivity contribution in [2.45, 2.75) is 39.4 Å². The molecular weight excluding hydrogens is 396 g/mol. The van der Waals surface area contributed by atoms with Gasteiger partial charge in [-0.1, -0.05) is 30.7 Å². The molecule has 0 saturated heterocycles. The van der Waals surface area contributed by atoms with Gasteiger partial charge in [-0.2, -0.15) is 5.26 Å². The molecule has 0 aliphatic rings. The van der Waals surface area contributed by atoms with Crippen molar-refractivity contribution < 1.29 is 4.79 Å². The van der Waals surface area contributed by atoms with Gasteiger partial charge in [0.2, 0.25) is 0 Å². The van der Waals surface area contributed by atoms with Gasteiger partial charge in [0.25, 0.3) is 0 Å². The molecule has 2 amide bonds. The molecule has 0 bridgehead atoms. The number of rotatable bonds is 7. The average molecular weight is 421 g/mol. The summed E-state index contributed by atoms with van der Waals surface area (Å²) in [4.78, 5) is 14.9. The Labute approximate surface area is 182 Å². The van der Waals surface area contributed by atoms with Crippen LogP contribution in [0.25, 0.3) is 0 Å². The summed E-state index contributed by atoms with van der Waals surface area (Å²) in [7, 11) is 0. The molecule has 0 aliphatic carbocycles. The van der Waals surface area contributed by atoms with Crippen LogP contribution in [0.5, 0.6) is 0 Å². The standard InChI is InChI=1S/C24H25ClN4O/c1-3-18(2)29(24(30)27-22-11-9-19(15-26)10-12-22)17-23-8-5-13-28(23)16-20-6-4-7-21(25)14-20/h4-14,18H,3,16-17H2,1-2H3,(H,27,30). The van der Waals surface area contributed by atoms with Gasteiger partial charge in [0.05, 0.1) is 18.2 Å². The SMILES string of the molecule is CCC(C)N(Cc1cccn1Cc1cccc(Cl)c1)C(=O)Nc1ccc(C#N)cc1. The van der Waals surface area contributed by atoms with Gasteiger partial charge in [-0.05, 0) is 67.4 Å². The molecule has 1 heterocycles. The number of hydrogen-bond acceptors (Lipinski definition) is 2. The average Bonchev–Trinajstić information content (AvgIpc) is 3.18. The number of aromatic nitrogens is 1. The molecule has 3 rings (SSSR count). The number of amides is 2. The normalized spacial score (nSPS) is 11.5. The van der Waals surface area contributed by atoms with Gasteiger partial charge < -0.3 is 14.8 Å². The zero-order chi connectivity index (χ0) is 21.5. The van der Waals surface area contributed by atoms with Crippen molar-refractivity contribution in [2.24, 2.45) is 0 Å². The van der Waals surface area contributed by atoms with E-state index in [2.05, 4.69) is 22.9 Å².